The molecule has 1 aromatic heterocycles. The molecule has 0 spiro atoms. The number of aromatic nitrogens is 1. The Morgan fingerprint density at radius 3 is 2.53 bits per heavy atom. The zero-order valence-corrected chi connectivity index (χ0v) is 10.0. The molecule has 0 aliphatic heterocycles. The topological polar surface area (TPSA) is 34.5 Å². The maximum atomic E-state index is 5.04. The van der Waals surface area contributed by atoms with Gasteiger partial charge in [0.25, 0.3) is 0 Å². The molecule has 3 heteroatoms. The van der Waals surface area contributed by atoms with Gasteiger partial charge in [0.2, 0.25) is 5.88 Å². The minimum atomic E-state index is -0.0492. The Morgan fingerprint density at radius 1 is 1.40 bits per heavy atom. The number of aliphatic imine (C=N–C) groups is 1. The molecule has 1 aromatic rings. The SMILES string of the molecule is COc1cc(C)c(C=NC(C)(C)C)cn1. The fourth-order valence-electron chi connectivity index (χ4n) is 1.05. The molecule has 0 saturated carbocycles. The number of hydrogen-bond acceptors (Lipinski definition) is 3. The fraction of sp³-hybridized carbons (Fsp3) is 0.500. The molecule has 0 N–H and O–H groups in total. The summed E-state index contributed by atoms with van der Waals surface area (Å²) >= 11 is 0. The van der Waals surface area contributed by atoms with Crippen molar-refractivity contribution in [2.24, 2.45) is 4.99 Å². The molecule has 0 saturated heterocycles. The van der Waals surface area contributed by atoms with Crippen LogP contribution in [0, 0.1) is 6.92 Å². The quantitative estimate of drug-likeness (QED) is 0.697. The van der Waals surface area contributed by atoms with Crippen molar-refractivity contribution in [3.8, 4) is 5.88 Å². The molecule has 1 rings (SSSR count). The molecule has 0 atom stereocenters. The minimum Gasteiger partial charge on any atom is -0.481 e. The summed E-state index contributed by atoms with van der Waals surface area (Å²) in [6, 6.07) is 1.91. The van der Waals surface area contributed by atoms with Gasteiger partial charge in [0.15, 0.2) is 0 Å². The minimum absolute atomic E-state index is 0.0492. The molecule has 82 valence electrons. The highest BCUT2D eigenvalue weighted by atomic mass is 16.5. The van der Waals surface area contributed by atoms with E-state index >= 15 is 0 Å². The second-order valence-corrected chi connectivity index (χ2v) is 4.51. The largest absolute Gasteiger partial charge is 0.481 e. The van der Waals surface area contributed by atoms with Crippen molar-refractivity contribution in [1.29, 1.82) is 0 Å². The number of pyridine rings is 1. The van der Waals surface area contributed by atoms with Gasteiger partial charge in [-0.1, -0.05) is 0 Å². The van der Waals surface area contributed by atoms with E-state index in [9.17, 15) is 0 Å². The van der Waals surface area contributed by atoms with Crippen LogP contribution in [0.3, 0.4) is 0 Å². The van der Waals surface area contributed by atoms with E-state index in [-0.39, 0.29) is 5.54 Å². The molecule has 0 radical (unpaired) electrons. The molecule has 0 amide bonds. The summed E-state index contributed by atoms with van der Waals surface area (Å²) in [4.78, 5) is 8.58. The van der Waals surface area contributed by atoms with E-state index in [1.807, 2.05) is 19.2 Å². The van der Waals surface area contributed by atoms with Gasteiger partial charge >= 0.3 is 0 Å². The van der Waals surface area contributed by atoms with Gasteiger partial charge in [0, 0.05) is 24.0 Å². The molecule has 0 aromatic carbocycles. The predicted molar refractivity (Wildman–Crippen MR) is 62.9 cm³/mol. The number of nitrogens with zero attached hydrogens (tertiary/aromatic N) is 2. The Kier molecular flexibility index (Phi) is 3.45. The second-order valence-electron chi connectivity index (χ2n) is 4.51. The van der Waals surface area contributed by atoms with E-state index in [2.05, 4.69) is 30.7 Å². The van der Waals surface area contributed by atoms with Gasteiger partial charge < -0.3 is 4.74 Å². The lowest BCUT2D eigenvalue weighted by molar-refractivity contribution is 0.397. The van der Waals surface area contributed by atoms with E-state index in [1.54, 1.807) is 13.3 Å². The van der Waals surface area contributed by atoms with Crippen molar-refractivity contribution in [2.75, 3.05) is 7.11 Å². The Labute approximate surface area is 91.2 Å². The van der Waals surface area contributed by atoms with Crippen LogP contribution in [0.4, 0.5) is 0 Å². The van der Waals surface area contributed by atoms with Gasteiger partial charge in [-0.15, -0.1) is 0 Å². The van der Waals surface area contributed by atoms with E-state index < -0.39 is 0 Å². The zero-order chi connectivity index (χ0) is 11.5. The zero-order valence-electron chi connectivity index (χ0n) is 10.0. The lowest BCUT2D eigenvalue weighted by Crippen LogP contribution is -2.10. The third-order valence-corrected chi connectivity index (χ3v) is 1.93. The van der Waals surface area contributed by atoms with Crippen molar-refractivity contribution < 1.29 is 4.74 Å². The van der Waals surface area contributed by atoms with Gasteiger partial charge in [0.05, 0.1) is 12.6 Å². The van der Waals surface area contributed by atoms with Crippen molar-refractivity contribution in [3.05, 3.63) is 23.4 Å². The molecule has 3 nitrogen and oxygen atoms in total. The summed E-state index contributed by atoms with van der Waals surface area (Å²) < 4.78 is 5.04. The van der Waals surface area contributed by atoms with Crippen LogP contribution in [0.1, 0.15) is 31.9 Å². The molecule has 0 bridgehead atoms. The monoisotopic (exact) mass is 206 g/mol. The summed E-state index contributed by atoms with van der Waals surface area (Å²) in [6.07, 6.45) is 3.64. The molecule has 1 heterocycles. The molecule has 0 unspecified atom stereocenters. The maximum absolute atomic E-state index is 5.04. The van der Waals surface area contributed by atoms with Gasteiger partial charge in [-0.2, -0.15) is 0 Å². The lowest BCUT2D eigenvalue weighted by atomic mass is 10.1. The van der Waals surface area contributed by atoms with Crippen molar-refractivity contribution in [2.45, 2.75) is 33.2 Å². The van der Waals surface area contributed by atoms with Crippen molar-refractivity contribution >= 4 is 6.21 Å². The van der Waals surface area contributed by atoms with E-state index in [0.29, 0.717) is 5.88 Å². The number of aryl methyl sites for hydroxylation is 1. The summed E-state index contributed by atoms with van der Waals surface area (Å²) in [5.41, 5.74) is 2.10. The van der Waals surface area contributed by atoms with Crippen LogP contribution in [0.2, 0.25) is 0 Å². The summed E-state index contributed by atoms with van der Waals surface area (Å²) in [5, 5.41) is 0. The van der Waals surface area contributed by atoms with E-state index in [0.717, 1.165) is 11.1 Å². The smallest absolute Gasteiger partial charge is 0.213 e. The van der Waals surface area contributed by atoms with Crippen LogP contribution in [-0.4, -0.2) is 23.8 Å². The highest BCUT2D eigenvalue weighted by Gasteiger charge is 2.06. The predicted octanol–water partition coefficient (Wildman–Crippen LogP) is 2.62. The first-order valence-corrected chi connectivity index (χ1v) is 4.98. The number of methoxy groups -OCH3 is 1. The molecule has 0 aliphatic carbocycles. The van der Waals surface area contributed by atoms with Crippen LogP contribution in [0.5, 0.6) is 5.88 Å². The molecule has 15 heavy (non-hydrogen) atoms. The van der Waals surface area contributed by atoms with E-state index in [4.69, 9.17) is 4.74 Å². The van der Waals surface area contributed by atoms with Gasteiger partial charge in [-0.25, -0.2) is 4.98 Å². The van der Waals surface area contributed by atoms with Crippen LogP contribution >= 0.6 is 0 Å². The maximum Gasteiger partial charge on any atom is 0.213 e. The van der Waals surface area contributed by atoms with Crippen LogP contribution in [0.15, 0.2) is 17.3 Å². The third-order valence-electron chi connectivity index (χ3n) is 1.93. The number of ether oxygens (including phenoxy) is 1. The molecular weight excluding hydrogens is 188 g/mol. The lowest BCUT2D eigenvalue weighted by Gasteiger charge is -2.11. The number of rotatable bonds is 2. The molecule has 0 fully saturated rings. The standard InChI is InChI=1S/C12H18N2O/c1-9-6-11(15-5)13-7-10(9)8-14-12(2,3)4/h6-8H,1-5H3. The molecular formula is C12H18N2O. The average Bonchev–Trinajstić information content (AvgIpc) is 2.14. The first kappa shape index (κ1) is 11.7. The Bertz CT molecular complexity index is 364. The van der Waals surface area contributed by atoms with Gasteiger partial charge in [0.1, 0.15) is 0 Å². The van der Waals surface area contributed by atoms with Crippen LogP contribution in [0.25, 0.3) is 0 Å². The Morgan fingerprint density at radius 2 is 2.07 bits per heavy atom. The van der Waals surface area contributed by atoms with Crippen molar-refractivity contribution in [1.82, 2.24) is 4.98 Å². The Hall–Kier alpha value is -1.38. The summed E-state index contributed by atoms with van der Waals surface area (Å²) in [6.45, 7) is 8.22. The third kappa shape index (κ3) is 3.70. The highest BCUT2D eigenvalue weighted by Crippen LogP contribution is 2.13. The summed E-state index contributed by atoms with van der Waals surface area (Å²) in [5.74, 6) is 0.639. The van der Waals surface area contributed by atoms with E-state index in [1.165, 1.54) is 0 Å². The van der Waals surface area contributed by atoms with Crippen molar-refractivity contribution in [3.63, 3.8) is 0 Å². The van der Waals surface area contributed by atoms with Crippen LogP contribution in [-0.2, 0) is 0 Å². The van der Waals surface area contributed by atoms with Gasteiger partial charge in [-0.3, -0.25) is 4.99 Å². The number of hydrogen-bond donors (Lipinski definition) is 0. The fourth-order valence-corrected chi connectivity index (χ4v) is 1.05. The summed E-state index contributed by atoms with van der Waals surface area (Å²) in [7, 11) is 1.62. The average molecular weight is 206 g/mol. The highest BCUT2D eigenvalue weighted by molar-refractivity contribution is 5.81. The van der Waals surface area contributed by atoms with Gasteiger partial charge in [-0.05, 0) is 33.3 Å². The van der Waals surface area contributed by atoms with Crippen LogP contribution < -0.4 is 4.74 Å². The first-order valence-electron chi connectivity index (χ1n) is 4.98. The Balaban J connectivity index is 2.92. The normalized spacial score (nSPS) is 12.1. The molecule has 0 aliphatic rings. The second kappa shape index (κ2) is 4.43. The first-order chi connectivity index (χ1) is 6.92.